The van der Waals surface area contributed by atoms with Crippen LogP contribution in [0.25, 0.3) is 0 Å². The minimum Gasteiger partial charge on any atom is -0.312 e. The van der Waals surface area contributed by atoms with E-state index in [9.17, 15) is 0 Å². The largest absolute Gasteiger partial charge is 3.00 e. The minimum absolute atomic E-state index is 0. The molecule has 0 amide bonds. The summed E-state index contributed by atoms with van der Waals surface area (Å²) in [7, 11) is 6.00. The van der Waals surface area contributed by atoms with E-state index in [1.807, 2.05) is 26.0 Å². The Morgan fingerprint density at radius 2 is 0.750 bits per heavy atom. The van der Waals surface area contributed by atoms with Crippen LogP contribution in [0, 0.1) is 0 Å². The van der Waals surface area contributed by atoms with Crippen LogP contribution >= 0.6 is 0 Å². The summed E-state index contributed by atoms with van der Waals surface area (Å²) in [6, 6.07) is 0. The first-order valence-corrected chi connectivity index (χ1v) is 1.34. The van der Waals surface area contributed by atoms with Crippen molar-refractivity contribution in [1.82, 2.24) is 4.90 Å². The molecule has 0 aliphatic rings. The summed E-state index contributed by atoms with van der Waals surface area (Å²) < 4.78 is 0. The average Bonchev–Trinajstić information content (AvgIpc) is 0.811. The van der Waals surface area contributed by atoms with Crippen LogP contribution in [0.4, 0.5) is 0 Å². The van der Waals surface area contributed by atoms with Crippen molar-refractivity contribution in [3.05, 3.63) is 0 Å². The quantitative estimate of drug-likeness (QED) is 0.299. The second kappa shape index (κ2) is 25.3. The Hall–Kier alpha value is 0.687. The first-order valence-electron chi connectivity index (χ1n) is 1.34. The summed E-state index contributed by atoms with van der Waals surface area (Å²) in [5.41, 5.74) is 0. The van der Waals surface area contributed by atoms with Gasteiger partial charge in [0.05, 0.1) is 0 Å². The smallest absolute Gasteiger partial charge is 0.312 e. The van der Waals surface area contributed by atoms with Gasteiger partial charge in [0.1, 0.15) is 0 Å². The normalized spacial score (nSPS) is 4.50. The molecule has 5 heteroatoms. The summed E-state index contributed by atoms with van der Waals surface area (Å²) in [6.45, 7) is 0. The SMILES string of the molecule is CN(C)C.[Al+3].[BH4-].[BH4-].[BH4-]. The van der Waals surface area contributed by atoms with Gasteiger partial charge in [-0.3, -0.25) is 0 Å². The molecule has 0 heterocycles. The van der Waals surface area contributed by atoms with Crippen molar-refractivity contribution < 1.29 is 0 Å². The van der Waals surface area contributed by atoms with Crippen LogP contribution in [0.1, 0.15) is 0 Å². The molecule has 50 valence electrons. The molecule has 0 radical (unpaired) electrons. The van der Waals surface area contributed by atoms with Crippen molar-refractivity contribution in [2.24, 2.45) is 0 Å². The van der Waals surface area contributed by atoms with Crippen molar-refractivity contribution in [3.63, 3.8) is 0 Å². The Kier molecular flexibility index (Phi) is 119. The van der Waals surface area contributed by atoms with Gasteiger partial charge < -0.3 is 4.90 Å². The Bertz CT molecular complexity index is 19.2. The molecule has 0 spiro atoms. The molecule has 0 aromatic heterocycles. The van der Waals surface area contributed by atoms with E-state index in [1.54, 1.807) is 0 Å². The van der Waals surface area contributed by atoms with E-state index >= 15 is 0 Å². The molecule has 0 saturated heterocycles. The van der Waals surface area contributed by atoms with Crippen molar-refractivity contribution in [2.75, 3.05) is 21.1 Å². The Balaban J connectivity index is -0.00000000750. The van der Waals surface area contributed by atoms with Gasteiger partial charge in [0, 0.05) is 0 Å². The molecule has 0 atom stereocenters. The fraction of sp³-hybridized carbons (Fsp3) is 1.00. The van der Waals surface area contributed by atoms with Crippen molar-refractivity contribution in [1.29, 1.82) is 0 Å². The summed E-state index contributed by atoms with van der Waals surface area (Å²) >= 11 is 0. The maximum Gasteiger partial charge on any atom is 3.00 e. The van der Waals surface area contributed by atoms with Crippen molar-refractivity contribution in [2.45, 2.75) is 0 Å². The van der Waals surface area contributed by atoms with Gasteiger partial charge in [0.25, 0.3) is 0 Å². The third-order valence-electron chi connectivity index (χ3n) is 0. The van der Waals surface area contributed by atoms with Crippen LogP contribution in [0.5, 0.6) is 0 Å². The van der Waals surface area contributed by atoms with E-state index in [1.165, 1.54) is 0 Å². The van der Waals surface area contributed by atoms with Crippen LogP contribution in [-0.2, 0) is 0 Å². The van der Waals surface area contributed by atoms with Gasteiger partial charge in [-0.15, -0.1) is 0 Å². The molecule has 0 aromatic carbocycles. The van der Waals surface area contributed by atoms with Crippen LogP contribution in [-0.4, -0.2) is 68.6 Å². The maximum absolute atomic E-state index is 2.00. The van der Waals surface area contributed by atoms with E-state index in [2.05, 4.69) is 0 Å². The molecule has 0 aromatic rings. The van der Waals surface area contributed by atoms with Gasteiger partial charge in [-0.25, -0.2) is 0 Å². The van der Waals surface area contributed by atoms with E-state index in [4.69, 9.17) is 0 Å². The second-order valence-electron chi connectivity index (χ2n) is 1.34. The minimum atomic E-state index is 0. The van der Waals surface area contributed by atoms with E-state index < -0.39 is 0 Å². The maximum atomic E-state index is 2.00. The molecule has 0 N–H and O–H groups in total. The fourth-order valence-electron chi connectivity index (χ4n) is 0. The zero-order chi connectivity index (χ0) is 3.58. The number of nitrogens with zero attached hydrogens (tertiary/aromatic N) is 1. The Labute approximate surface area is 69.1 Å². The third-order valence-corrected chi connectivity index (χ3v) is 0. The first-order chi connectivity index (χ1) is 1.73. The predicted molar refractivity (Wildman–Crippen MR) is 59.4 cm³/mol. The van der Waals surface area contributed by atoms with Crippen LogP contribution < -0.4 is 0 Å². The molecular weight excluding hydrogens is 109 g/mol. The number of hydrogen-bond donors (Lipinski definition) is 0. The zero-order valence-electron chi connectivity index (χ0n) is 4.02. The summed E-state index contributed by atoms with van der Waals surface area (Å²) in [5, 5.41) is 0. The molecule has 0 aliphatic carbocycles. The molecule has 0 saturated carbocycles. The molecule has 0 fully saturated rings. The molecule has 0 unspecified atom stereocenters. The van der Waals surface area contributed by atoms with E-state index in [0.717, 1.165) is 0 Å². The molecule has 0 aliphatic heterocycles. The predicted octanol–water partition coefficient (Wildman–Crippen LogP) is -4.56. The van der Waals surface area contributed by atoms with Crippen LogP contribution in [0.3, 0.4) is 0 Å². The van der Waals surface area contributed by atoms with Gasteiger partial charge in [-0.05, 0) is 21.1 Å². The van der Waals surface area contributed by atoms with E-state index in [-0.39, 0.29) is 42.6 Å². The fourth-order valence-corrected chi connectivity index (χ4v) is 0. The topological polar surface area (TPSA) is 3.24 Å². The molecule has 1 nitrogen and oxygen atoms in total. The van der Waals surface area contributed by atoms with E-state index in [0.29, 0.717) is 0 Å². The Morgan fingerprint density at radius 3 is 0.750 bits per heavy atom. The first kappa shape index (κ1) is 37.8. The van der Waals surface area contributed by atoms with Gasteiger partial charge >= 0.3 is 17.4 Å². The van der Waals surface area contributed by atoms with Gasteiger partial charge in [0.15, 0.2) is 0 Å². The zero-order valence-corrected chi connectivity index (χ0v) is 5.18. The third kappa shape index (κ3) is 458. The second-order valence-corrected chi connectivity index (χ2v) is 1.34. The molecule has 8 heavy (non-hydrogen) atoms. The standard InChI is InChI=1S/C3H9N.Al.3BH4/c1-4(2)3;;;;/h1-3H3;;3*1H4/q;+3;3*-1. The monoisotopic (exact) mass is 131 g/mol. The summed E-state index contributed by atoms with van der Waals surface area (Å²) in [6.07, 6.45) is 0. The summed E-state index contributed by atoms with van der Waals surface area (Å²) in [4.78, 5) is 2.00. The van der Waals surface area contributed by atoms with Gasteiger partial charge in [0.2, 0.25) is 0 Å². The number of rotatable bonds is 0. The molecule has 0 rings (SSSR count). The molecular formula is C3H21AlB3N. The van der Waals surface area contributed by atoms with Crippen molar-refractivity contribution >= 4 is 42.6 Å². The van der Waals surface area contributed by atoms with Gasteiger partial charge in [-0.1, -0.05) is 25.2 Å². The molecule has 0 bridgehead atoms. The number of hydrogen-bond acceptors (Lipinski definition) is 1. The van der Waals surface area contributed by atoms with Crippen LogP contribution in [0.2, 0.25) is 0 Å². The van der Waals surface area contributed by atoms with Gasteiger partial charge in [-0.2, -0.15) is 0 Å². The van der Waals surface area contributed by atoms with Crippen LogP contribution in [0.15, 0.2) is 0 Å². The van der Waals surface area contributed by atoms with Crippen molar-refractivity contribution in [3.8, 4) is 0 Å². The summed E-state index contributed by atoms with van der Waals surface area (Å²) in [5.74, 6) is 0. The average molecular weight is 131 g/mol. The Morgan fingerprint density at radius 1 is 0.750 bits per heavy atom.